The summed E-state index contributed by atoms with van der Waals surface area (Å²) in [4.78, 5) is 30.6. The molecule has 0 aliphatic carbocycles. The Kier molecular flexibility index (Phi) is 10.3. The van der Waals surface area contributed by atoms with Gasteiger partial charge in [0.15, 0.2) is 0 Å². The van der Waals surface area contributed by atoms with Gasteiger partial charge in [-0.3, -0.25) is 14.6 Å². The number of carbonyl (C=O) groups excluding carboxylic acids is 2. The second-order valence-electron chi connectivity index (χ2n) is 10.3. The van der Waals surface area contributed by atoms with E-state index in [0.29, 0.717) is 12.8 Å². The summed E-state index contributed by atoms with van der Waals surface area (Å²) in [6.07, 6.45) is 6.42. The molecule has 0 saturated heterocycles. The zero-order valence-corrected chi connectivity index (χ0v) is 22.4. The fraction of sp³-hybridized carbons (Fsp3) is 0.667. The first-order valence-electron chi connectivity index (χ1n) is 12.1. The standard InChI is InChI=1S/C27H41NO5S/c1-16-9-8-10-17(2)25(31)19(4)26(32)27(6,7)23(29)14-24(30)33-22(12-11-16)18(3)13-21-15-34-20(5)28-21/h8,10-11,13,17,19,21-23,25,29,31H,9,12,14-15H2,1-7H3/b10-8+,16-11-,18-13+/t17-,19+,21?,22-,23-,25-/m0/s1. The Labute approximate surface area is 208 Å². The summed E-state index contributed by atoms with van der Waals surface area (Å²) in [5.41, 5.74) is 0.840. The third-order valence-electron chi connectivity index (χ3n) is 6.90. The van der Waals surface area contributed by atoms with Crippen LogP contribution in [-0.2, 0) is 14.3 Å². The average molecular weight is 492 g/mol. The van der Waals surface area contributed by atoms with Crippen LogP contribution in [0.15, 0.2) is 40.4 Å². The van der Waals surface area contributed by atoms with E-state index in [0.717, 1.165) is 21.9 Å². The molecule has 0 bridgehead atoms. The van der Waals surface area contributed by atoms with E-state index in [1.54, 1.807) is 32.5 Å². The normalized spacial score (nSPS) is 36.9. The first-order chi connectivity index (χ1) is 15.8. The summed E-state index contributed by atoms with van der Waals surface area (Å²) < 4.78 is 5.82. The van der Waals surface area contributed by atoms with Crippen molar-refractivity contribution >= 4 is 28.6 Å². The maximum Gasteiger partial charge on any atom is 0.309 e. The zero-order chi connectivity index (χ0) is 25.6. The summed E-state index contributed by atoms with van der Waals surface area (Å²) in [5, 5.41) is 22.6. The van der Waals surface area contributed by atoms with Gasteiger partial charge in [-0.05, 0) is 32.8 Å². The third-order valence-corrected chi connectivity index (χ3v) is 7.93. The van der Waals surface area contributed by atoms with Gasteiger partial charge in [-0.15, -0.1) is 11.8 Å². The number of rotatable bonds is 2. The molecule has 6 nitrogen and oxygen atoms in total. The molecule has 1 unspecified atom stereocenters. The van der Waals surface area contributed by atoms with Gasteiger partial charge in [0.25, 0.3) is 0 Å². The van der Waals surface area contributed by atoms with Gasteiger partial charge in [0.2, 0.25) is 0 Å². The highest BCUT2D eigenvalue weighted by Gasteiger charge is 2.42. The van der Waals surface area contributed by atoms with Crippen molar-refractivity contribution in [3.05, 3.63) is 35.5 Å². The highest BCUT2D eigenvalue weighted by molar-refractivity contribution is 8.14. The molecule has 2 heterocycles. The molecule has 0 radical (unpaired) electrons. The molecule has 34 heavy (non-hydrogen) atoms. The predicted octanol–water partition coefficient (Wildman–Crippen LogP) is 4.65. The second kappa shape index (κ2) is 12.3. The number of carbonyl (C=O) groups is 2. The first kappa shape index (κ1) is 28.5. The van der Waals surface area contributed by atoms with E-state index in [-0.39, 0.29) is 24.2 Å². The van der Waals surface area contributed by atoms with Crippen LogP contribution in [0.4, 0.5) is 0 Å². The van der Waals surface area contributed by atoms with Gasteiger partial charge in [0.05, 0.1) is 35.1 Å². The van der Waals surface area contributed by atoms with E-state index in [1.165, 1.54) is 0 Å². The number of aliphatic imine (C=N–C) groups is 1. The monoisotopic (exact) mass is 491 g/mol. The fourth-order valence-electron chi connectivity index (χ4n) is 4.29. The number of allylic oxidation sites excluding steroid dienone is 2. The van der Waals surface area contributed by atoms with Gasteiger partial charge in [0, 0.05) is 24.0 Å². The van der Waals surface area contributed by atoms with Crippen LogP contribution in [0.25, 0.3) is 0 Å². The van der Waals surface area contributed by atoms with Crippen molar-refractivity contribution in [1.29, 1.82) is 0 Å². The van der Waals surface area contributed by atoms with Gasteiger partial charge in [-0.2, -0.15) is 0 Å². The van der Waals surface area contributed by atoms with Gasteiger partial charge in [0.1, 0.15) is 11.9 Å². The topological polar surface area (TPSA) is 96.2 Å². The molecule has 0 amide bonds. The maximum atomic E-state index is 13.1. The molecular weight excluding hydrogens is 450 g/mol. The van der Waals surface area contributed by atoms with Gasteiger partial charge in [-0.1, -0.05) is 57.6 Å². The Morgan fingerprint density at radius 2 is 1.91 bits per heavy atom. The van der Waals surface area contributed by atoms with Crippen LogP contribution in [-0.4, -0.2) is 57.1 Å². The minimum Gasteiger partial charge on any atom is -0.457 e. The van der Waals surface area contributed by atoms with E-state index in [4.69, 9.17) is 4.74 Å². The van der Waals surface area contributed by atoms with Gasteiger partial charge in [-0.25, -0.2) is 0 Å². The molecule has 0 fully saturated rings. The van der Waals surface area contributed by atoms with E-state index in [9.17, 15) is 19.8 Å². The second-order valence-corrected chi connectivity index (χ2v) is 11.5. The van der Waals surface area contributed by atoms with E-state index in [1.807, 2.05) is 39.8 Å². The van der Waals surface area contributed by atoms with Crippen LogP contribution in [0.2, 0.25) is 0 Å². The van der Waals surface area contributed by atoms with Crippen molar-refractivity contribution in [1.82, 2.24) is 0 Å². The first-order valence-corrected chi connectivity index (χ1v) is 13.1. The van der Waals surface area contributed by atoms with Crippen molar-refractivity contribution in [2.24, 2.45) is 22.2 Å². The van der Waals surface area contributed by atoms with Crippen molar-refractivity contribution in [2.75, 3.05) is 5.75 Å². The molecular formula is C27H41NO5S. The van der Waals surface area contributed by atoms with Gasteiger partial charge >= 0.3 is 5.97 Å². The third kappa shape index (κ3) is 7.65. The summed E-state index contributed by atoms with van der Waals surface area (Å²) in [6.45, 7) is 12.7. The molecule has 6 atom stereocenters. The lowest BCUT2D eigenvalue weighted by Gasteiger charge is -2.34. The predicted molar refractivity (Wildman–Crippen MR) is 139 cm³/mol. The number of aliphatic hydroxyl groups excluding tert-OH is 2. The Hall–Kier alpha value is -1.70. The molecule has 0 aromatic heterocycles. The molecule has 2 aliphatic rings. The molecule has 7 heteroatoms. The number of aliphatic hydroxyl groups is 2. The molecule has 0 spiro atoms. The highest BCUT2D eigenvalue weighted by atomic mass is 32.2. The lowest BCUT2D eigenvalue weighted by Crippen LogP contribution is -2.45. The number of esters is 1. The van der Waals surface area contributed by atoms with Crippen molar-refractivity contribution in [3.63, 3.8) is 0 Å². The molecule has 0 aromatic rings. The summed E-state index contributed by atoms with van der Waals surface area (Å²) >= 11 is 1.72. The summed E-state index contributed by atoms with van der Waals surface area (Å²) in [7, 11) is 0. The fourth-order valence-corrected chi connectivity index (χ4v) is 5.09. The quantitative estimate of drug-likeness (QED) is 0.431. The molecule has 2 N–H and O–H groups in total. The smallest absolute Gasteiger partial charge is 0.309 e. The lowest BCUT2D eigenvalue weighted by atomic mass is 9.73. The number of nitrogens with zero attached hydrogens (tertiary/aromatic N) is 1. The molecule has 0 saturated carbocycles. The largest absolute Gasteiger partial charge is 0.457 e. The summed E-state index contributed by atoms with van der Waals surface area (Å²) in [6, 6.07) is 0.0635. The van der Waals surface area contributed by atoms with E-state index < -0.39 is 35.6 Å². The Morgan fingerprint density at radius 3 is 2.53 bits per heavy atom. The van der Waals surface area contributed by atoms with Gasteiger partial charge < -0.3 is 14.9 Å². The van der Waals surface area contributed by atoms with E-state index in [2.05, 4.69) is 17.1 Å². The van der Waals surface area contributed by atoms with E-state index >= 15 is 0 Å². The Morgan fingerprint density at radius 1 is 1.24 bits per heavy atom. The number of cyclic esters (lactones) is 1. The van der Waals surface area contributed by atoms with Crippen LogP contribution < -0.4 is 0 Å². The maximum absolute atomic E-state index is 13.1. The SMILES string of the molecule is CC1=NC(/C=C(\C)[C@@H]2C/C=C(/C)C/C=C/[C@H](C)[C@H](O)[C@@H](C)C(=O)C(C)(C)[C@@H](O)CC(=O)O2)CS1. The van der Waals surface area contributed by atoms with Crippen LogP contribution in [0, 0.1) is 17.3 Å². The summed E-state index contributed by atoms with van der Waals surface area (Å²) in [5.74, 6) is -0.852. The molecule has 2 rings (SSSR count). The molecule has 2 aliphatic heterocycles. The van der Waals surface area contributed by atoms with Crippen molar-refractivity contribution in [3.8, 4) is 0 Å². The van der Waals surface area contributed by atoms with Crippen molar-refractivity contribution < 1.29 is 24.5 Å². The zero-order valence-electron chi connectivity index (χ0n) is 21.6. The lowest BCUT2D eigenvalue weighted by molar-refractivity contribution is -0.154. The Bertz CT molecular complexity index is 872. The number of hydrogen-bond acceptors (Lipinski definition) is 7. The number of ether oxygens (including phenoxy) is 1. The Balaban J connectivity index is 2.34. The van der Waals surface area contributed by atoms with Crippen LogP contribution in [0.3, 0.4) is 0 Å². The molecule has 0 aromatic carbocycles. The van der Waals surface area contributed by atoms with Crippen molar-refractivity contribution in [2.45, 2.75) is 92.1 Å². The average Bonchev–Trinajstić information content (AvgIpc) is 3.18. The number of ketones is 1. The van der Waals surface area contributed by atoms with Crippen LogP contribution in [0.1, 0.15) is 67.7 Å². The highest BCUT2D eigenvalue weighted by Crippen LogP contribution is 2.32. The number of thioether (sulfide) groups is 1. The minimum absolute atomic E-state index is 0.0635. The van der Waals surface area contributed by atoms with Crippen LogP contribution >= 0.6 is 11.8 Å². The molecule has 190 valence electrons. The number of hydrogen-bond donors (Lipinski definition) is 2. The number of Topliss-reactive ketones (excluding diaryl/α,β-unsaturated/α-hetero) is 1. The van der Waals surface area contributed by atoms with Crippen LogP contribution in [0.5, 0.6) is 0 Å². The minimum atomic E-state index is -1.22.